The van der Waals surface area contributed by atoms with Gasteiger partial charge >= 0.3 is 0 Å². The Hall–Kier alpha value is -0.690. The monoisotopic (exact) mass is 182 g/mol. The van der Waals surface area contributed by atoms with E-state index in [1.165, 1.54) is 17.5 Å². The number of methoxy groups -OCH3 is 1. The van der Waals surface area contributed by atoms with Crippen LogP contribution in [0.5, 0.6) is 5.75 Å². The quantitative estimate of drug-likeness (QED) is 0.649. The van der Waals surface area contributed by atoms with Crippen LogP contribution in [0.15, 0.2) is 12.1 Å². The Balaban J connectivity index is 2.57. The fourth-order valence-electron chi connectivity index (χ4n) is 1.82. The Morgan fingerprint density at radius 1 is 1.25 bits per heavy atom. The second-order valence-electron chi connectivity index (χ2n) is 3.06. The van der Waals surface area contributed by atoms with Crippen molar-refractivity contribution in [2.24, 2.45) is 0 Å². The van der Waals surface area contributed by atoms with Crippen LogP contribution >= 0.6 is 11.6 Å². The van der Waals surface area contributed by atoms with Crippen molar-refractivity contribution in [3.05, 3.63) is 28.3 Å². The molecule has 12 heavy (non-hydrogen) atoms. The zero-order chi connectivity index (χ0) is 8.55. The van der Waals surface area contributed by atoms with Gasteiger partial charge in [-0.15, -0.1) is 0 Å². The van der Waals surface area contributed by atoms with Gasteiger partial charge < -0.3 is 4.74 Å². The van der Waals surface area contributed by atoms with Crippen molar-refractivity contribution < 1.29 is 4.74 Å². The average molecular weight is 183 g/mol. The van der Waals surface area contributed by atoms with Gasteiger partial charge in [-0.25, -0.2) is 0 Å². The van der Waals surface area contributed by atoms with Gasteiger partial charge in [-0.3, -0.25) is 0 Å². The molecule has 0 heterocycles. The minimum Gasteiger partial charge on any atom is -0.496 e. The molecule has 0 saturated heterocycles. The molecule has 1 aromatic carbocycles. The van der Waals surface area contributed by atoms with E-state index in [1.54, 1.807) is 7.11 Å². The highest BCUT2D eigenvalue weighted by molar-refractivity contribution is 6.31. The van der Waals surface area contributed by atoms with Crippen LogP contribution in [0.2, 0.25) is 5.02 Å². The van der Waals surface area contributed by atoms with Crippen molar-refractivity contribution in [2.45, 2.75) is 19.3 Å². The lowest BCUT2D eigenvalue weighted by Gasteiger charge is -2.07. The van der Waals surface area contributed by atoms with Gasteiger partial charge in [-0.05, 0) is 42.5 Å². The Morgan fingerprint density at radius 2 is 2.00 bits per heavy atom. The number of halogens is 1. The minimum absolute atomic E-state index is 0.892. The van der Waals surface area contributed by atoms with E-state index in [0.29, 0.717) is 0 Å². The van der Waals surface area contributed by atoms with Crippen molar-refractivity contribution in [1.82, 2.24) is 0 Å². The summed E-state index contributed by atoms with van der Waals surface area (Å²) in [6.07, 6.45) is 3.42. The molecule has 0 aromatic heterocycles. The third-order valence-corrected chi connectivity index (χ3v) is 2.76. The molecule has 1 aliphatic carbocycles. The van der Waals surface area contributed by atoms with E-state index in [9.17, 15) is 0 Å². The number of ether oxygens (including phenoxy) is 1. The van der Waals surface area contributed by atoms with Gasteiger partial charge in [-0.1, -0.05) is 11.6 Å². The highest BCUT2D eigenvalue weighted by atomic mass is 35.5. The van der Waals surface area contributed by atoms with Crippen LogP contribution in [0, 0.1) is 0 Å². The van der Waals surface area contributed by atoms with Gasteiger partial charge in [0.15, 0.2) is 0 Å². The molecule has 2 heteroatoms. The number of fused-ring (bicyclic) bond motifs is 1. The number of rotatable bonds is 1. The molecule has 0 N–H and O–H groups in total. The van der Waals surface area contributed by atoms with Crippen molar-refractivity contribution in [2.75, 3.05) is 7.11 Å². The molecule has 0 saturated carbocycles. The molecule has 64 valence electrons. The Kier molecular flexibility index (Phi) is 1.97. The molecule has 0 aliphatic heterocycles. The second kappa shape index (κ2) is 2.98. The molecule has 0 radical (unpaired) electrons. The maximum absolute atomic E-state index is 6.04. The largest absolute Gasteiger partial charge is 0.496 e. The van der Waals surface area contributed by atoms with Crippen LogP contribution in [-0.2, 0) is 12.8 Å². The standard InChI is InChI=1S/C10H11ClO/c1-12-10-6-5-9(11)7-3-2-4-8(7)10/h5-6H,2-4H2,1H3. The molecule has 1 aromatic rings. The summed E-state index contributed by atoms with van der Waals surface area (Å²) >= 11 is 6.04. The predicted octanol–water partition coefficient (Wildman–Crippen LogP) is 2.84. The lowest BCUT2D eigenvalue weighted by atomic mass is 10.1. The van der Waals surface area contributed by atoms with Crippen LogP contribution in [0.3, 0.4) is 0 Å². The summed E-state index contributed by atoms with van der Waals surface area (Å²) in [7, 11) is 1.71. The smallest absolute Gasteiger partial charge is 0.122 e. The first-order valence-corrected chi connectivity index (χ1v) is 4.55. The molecule has 1 aliphatic rings. The normalized spacial score (nSPS) is 14.5. The first-order valence-electron chi connectivity index (χ1n) is 4.17. The third kappa shape index (κ3) is 1.09. The molecule has 1 nitrogen and oxygen atoms in total. The van der Waals surface area contributed by atoms with Gasteiger partial charge in [0.2, 0.25) is 0 Å². The van der Waals surface area contributed by atoms with Crippen molar-refractivity contribution in [3.63, 3.8) is 0 Å². The summed E-state index contributed by atoms with van der Waals surface area (Å²) in [5.74, 6) is 0.992. The Morgan fingerprint density at radius 3 is 2.75 bits per heavy atom. The van der Waals surface area contributed by atoms with Crippen molar-refractivity contribution in [3.8, 4) is 5.75 Å². The van der Waals surface area contributed by atoms with Crippen molar-refractivity contribution in [1.29, 1.82) is 0 Å². The van der Waals surface area contributed by atoms with Crippen LogP contribution < -0.4 is 4.74 Å². The fraction of sp³-hybridized carbons (Fsp3) is 0.400. The predicted molar refractivity (Wildman–Crippen MR) is 50.0 cm³/mol. The maximum atomic E-state index is 6.04. The van der Waals surface area contributed by atoms with E-state index in [0.717, 1.165) is 23.6 Å². The van der Waals surface area contributed by atoms with E-state index in [4.69, 9.17) is 16.3 Å². The first-order chi connectivity index (χ1) is 5.83. The van der Waals surface area contributed by atoms with Crippen LogP contribution in [-0.4, -0.2) is 7.11 Å². The van der Waals surface area contributed by atoms with E-state index in [-0.39, 0.29) is 0 Å². The molecular weight excluding hydrogens is 172 g/mol. The zero-order valence-electron chi connectivity index (χ0n) is 7.06. The lowest BCUT2D eigenvalue weighted by molar-refractivity contribution is 0.410. The second-order valence-corrected chi connectivity index (χ2v) is 3.47. The summed E-state index contributed by atoms with van der Waals surface area (Å²) in [5, 5.41) is 0.892. The molecular formula is C10H11ClO. The fourth-order valence-corrected chi connectivity index (χ4v) is 2.09. The van der Waals surface area contributed by atoms with E-state index < -0.39 is 0 Å². The highest BCUT2D eigenvalue weighted by Gasteiger charge is 2.17. The topological polar surface area (TPSA) is 9.23 Å². The summed E-state index contributed by atoms with van der Waals surface area (Å²) in [6, 6.07) is 3.87. The van der Waals surface area contributed by atoms with Gasteiger partial charge in [0.05, 0.1) is 7.11 Å². The molecule has 0 amide bonds. The van der Waals surface area contributed by atoms with E-state index in [1.807, 2.05) is 12.1 Å². The van der Waals surface area contributed by atoms with Gasteiger partial charge in [0.25, 0.3) is 0 Å². The number of benzene rings is 1. The van der Waals surface area contributed by atoms with Gasteiger partial charge in [-0.2, -0.15) is 0 Å². The van der Waals surface area contributed by atoms with Crippen molar-refractivity contribution >= 4 is 11.6 Å². The van der Waals surface area contributed by atoms with Crippen LogP contribution in [0.1, 0.15) is 17.5 Å². The molecule has 0 spiro atoms. The summed E-state index contributed by atoms with van der Waals surface area (Å²) in [4.78, 5) is 0. The summed E-state index contributed by atoms with van der Waals surface area (Å²) < 4.78 is 5.25. The molecule has 0 fully saturated rings. The Labute approximate surface area is 77.3 Å². The summed E-state index contributed by atoms with van der Waals surface area (Å²) in [6.45, 7) is 0. The maximum Gasteiger partial charge on any atom is 0.122 e. The van der Waals surface area contributed by atoms with E-state index >= 15 is 0 Å². The average Bonchev–Trinajstić information content (AvgIpc) is 2.54. The first kappa shape index (κ1) is 7.93. The number of hydrogen-bond donors (Lipinski definition) is 0. The molecule has 0 atom stereocenters. The molecule has 2 rings (SSSR count). The zero-order valence-corrected chi connectivity index (χ0v) is 7.82. The van der Waals surface area contributed by atoms with Gasteiger partial charge in [0.1, 0.15) is 5.75 Å². The lowest BCUT2D eigenvalue weighted by Crippen LogP contribution is -1.91. The number of hydrogen-bond acceptors (Lipinski definition) is 1. The van der Waals surface area contributed by atoms with Gasteiger partial charge in [0, 0.05) is 5.02 Å². The SMILES string of the molecule is COc1ccc(Cl)c2c1CCC2. The minimum atomic E-state index is 0.892. The van der Waals surface area contributed by atoms with Crippen LogP contribution in [0.25, 0.3) is 0 Å². The Bertz CT molecular complexity index is 307. The third-order valence-electron chi connectivity index (χ3n) is 2.40. The summed E-state index contributed by atoms with van der Waals surface area (Å²) in [5.41, 5.74) is 2.60. The van der Waals surface area contributed by atoms with Crippen LogP contribution in [0.4, 0.5) is 0 Å². The molecule has 0 unspecified atom stereocenters. The molecule has 0 bridgehead atoms. The highest BCUT2D eigenvalue weighted by Crippen LogP contribution is 2.35. The van der Waals surface area contributed by atoms with E-state index in [2.05, 4.69) is 0 Å².